The molecule has 0 aliphatic heterocycles. The van der Waals surface area contributed by atoms with Crippen LogP contribution < -0.4 is 10.6 Å². The standard InChI is InChI=1S/C19H32N2/c1-3-4-13-21(18-10-6-5-7-11-18)16-19(15-20)12-8-9-17(2)14-19/h5-7,10-11,17H,3-4,8-9,12-16,20H2,1-2H3. The van der Waals surface area contributed by atoms with Gasteiger partial charge < -0.3 is 10.6 Å². The third kappa shape index (κ3) is 4.47. The Balaban J connectivity index is 2.12. The number of hydrogen-bond donors (Lipinski definition) is 1. The van der Waals surface area contributed by atoms with Crippen LogP contribution in [0.4, 0.5) is 5.69 Å². The minimum atomic E-state index is 0.321. The Bertz CT molecular complexity index is 403. The van der Waals surface area contributed by atoms with Gasteiger partial charge in [-0.2, -0.15) is 0 Å². The molecule has 1 aliphatic carbocycles. The molecule has 1 aromatic rings. The van der Waals surface area contributed by atoms with E-state index in [2.05, 4.69) is 49.1 Å². The van der Waals surface area contributed by atoms with Crippen LogP contribution in [0.2, 0.25) is 0 Å². The van der Waals surface area contributed by atoms with E-state index >= 15 is 0 Å². The largest absolute Gasteiger partial charge is 0.371 e. The highest BCUT2D eigenvalue weighted by molar-refractivity contribution is 5.46. The molecule has 1 saturated carbocycles. The molecule has 0 radical (unpaired) electrons. The van der Waals surface area contributed by atoms with Gasteiger partial charge in [-0.05, 0) is 43.9 Å². The molecule has 0 aromatic heterocycles. The summed E-state index contributed by atoms with van der Waals surface area (Å²) in [5.74, 6) is 0.825. The molecule has 0 spiro atoms. The number of hydrogen-bond acceptors (Lipinski definition) is 2. The molecular formula is C19H32N2. The molecule has 2 unspecified atom stereocenters. The number of rotatable bonds is 7. The highest BCUT2D eigenvalue weighted by Crippen LogP contribution is 2.40. The van der Waals surface area contributed by atoms with Crippen LogP contribution >= 0.6 is 0 Å². The van der Waals surface area contributed by atoms with Crippen LogP contribution in [-0.2, 0) is 0 Å². The summed E-state index contributed by atoms with van der Waals surface area (Å²) < 4.78 is 0. The second-order valence-electron chi connectivity index (χ2n) is 7.02. The van der Waals surface area contributed by atoms with Crippen LogP contribution in [0.25, 0.3) is 0 Å². The average molecular weight is 288 g/mol. The van der Waals surface area contributed by atoms with Crippen LogP contribution in [0.1, 0.15) is 52.4 Å². The molecule has 0 heterocycles. The number of nitrogens with two attached hydrogens (primary N) is 1. The molecule has 21 heavy (non-hydrogen) atoms. The van der Waals surface area contributed by atoms with Crippen molar-refractivity contribution in [2.24, 2.45) is 17.1 Å². The van der Waals surface area contributed by atoms with E-state index < -0.39 is 0 Å². The Morgan fingerprint density at radius 2 is 2.05 bits per heavy atom. The Kier molecular flexibility index (Phi) is 6.10. The van der Waals surface area contributed by atoms with Gasteiger partial charge in [-0.1, -0.05) is 51.3 Å². The predicted molar refractivity (Wildman–Crippen MR) is 92.7 cm³/mol. The number of nitrogens with zero attached hydrogens (tertiary/aromatic N) is 1. The van der Waals surface area contributed by atoms with Crippen LogP contribution in [0.15, 0.2) is 30.3 Å². The normalized spacial score (nSPS) is 25.8. The molecule has 1 aliphatic rings. The first-order chi connectivity index (χ1) is 10.2. The lowest BCUT2D eigenvalue weighted by atomic mass is 9.69. The lowest BCUT2D eigenvalue weighted by Crippen LogP contribution is -2.45. The summed E-state index contributed by atoms with van der Waals surface area (Å²) in [5, 5.41) is 0. The van der Waals surface area contributed by atoms with Crippen molar-refractivity contribution in [3.05, 3.63) is 30.3 Å². The zero-order valence-electron chi connectivity index (χ0n) is 13.9. The molecule has 0 bridgehead atoms. The summed E-state index contributed by atoms with van der Waals surface area (Å²) in [6.45, 7) is 7.76. The number of benzene rings is 1. The predicted octanol–water partition coefficient (Wildman–Crippen LogP) is 4.45. The molecule has 0 amide bonds. The lowest BCUT2D eigenvalue weighted by Gasteiger charge is -2.43. The fourth-order valence-corrected chi connectivity index (χ4v) is 3.85. The van der Waals surface area contributed by atoms with Gasteiger partial charge >= 0.3 is 0 Å². The summed E-state index contributed by atoms with van der Waals surface area (Å²) >= 11 is 0. The summed E-state index contributed by atoms with van der Waals surface area (Å²) in [7, 11) is 0. The van der Waals surface area contributed by atoms with E-state index in [1.807, 2.05) is 0 Å². The third-order valence-corrected chi connectivity index (χ3v) is 5.05. The van der Waals surface area contributed by atoms with E-state index in [4.69, 9.17) is 5.73 Å². The van der Waals surface area contributed by atoms with E-state index in [0.29, 0.717) is 5.41 Å². The Morgan fingerprint density at radius 3 is 2.67 bits per heavy atom. The zero-order chi connectivity index (χ0) is 15.1. The average Bonchev–Trinajstić information content (AvgIpc) is 2.52. The second kappa shape index (κ2) is 7.84. The molecular weight excluding hydrogens is 256 g/mol. The van der Waals surface area contributed by atoms with Crippen molar-refractivity contribution in [1.29, 1.82) is 0 Å². The zero-order valence-corrected chi connectivity index (χ0v) is 13.9. The van der Waals surface area contributed by atoms with Crippen molar-refractivity contribution in [1.82, 2.24) is 0 Å². The van der Waals surface area contributed by atoms with E-state index in [9.17, 15) is 0 Å². The van der Waals surface area contributed by atoms with Gasteiger partial charge in [0.2, 0.25) is 0 Å². The maximum absolute atomic E-state index is 6.23. The first-order valence-corrected chi connectivity index (χ1v) is 8.69. The fraction of sp³-hybridized carbons (Fsp3) is 0.684. The van der Waals surface area contributed by atoms with Crippen molar-refractivity contribution in [3.63, 3.8) is 0 Å². The minimum absolute atomic E-state index is 0.321. The van der Waals surface area contributed by atoms with Gasteiger partial charge in [0.25, 0.3) is 0 Å². The molecule has 2 N–H and O–H groups in total. The van der Waals surface area contributed by atoms with Crippen LogP contribution in [0.5, 0.6) is 0 Å². The first kappa shape index (κ1) is 16.4. The van der Waals surface area contributed by atoms with Crippen LogP contribution in [0.3, 0.4) is 0 Å². The highest BCUT2D eigenvalue weighted by atomic mass is 15.1. The monoisotopic (exact) mass is 288 g/mol. The summed E-state index contributed by atoms with van der Waals surface area (Å²) in [5.41, 5.74) is 7.91. The maximum Gasteiger partial charge on any atom is 0.0366 e. The third-order valence-electron chi connectivity index (χ3n) is 5.05. The number of para-hydroxylation sites is 1. The first-order valence-electron chi connectivity index (χ1n) is 8.69. The van der Waals surface area contributed by atoms with Crippen molar-refractivity contribution >= 4 is 5.69 Å². The van der Waals surface area contributed by atoms with E-state index in [1.165, 1.54) is 44.2 Å². The molecule has 0 saturated heterocycles. The molecule has 2 rings (SSSR count). The van der Waals surface area contributed by atoms with E-state index in [1.54, 1.807) is 0 Å². The van der Waals surface area contributed by atoms with Crippen LogP contribution in [-0.4, -0.2) is 19.6 Å². The molecule has 1 aromatic carbocycles. The van der Waals surface area contributed by atoms with E-state index in [-0.39, 0.29) is 0 Å². The summed E-state index contributed by atoms with van der Waals surface area (Å²) in [6.07, 6.45) is 7.81. The lowest BCUT2D eigenvalue weighted by molar-refractivity contribution is 0.159. The van der Waals surface area contributed by atoms with Gasteiger partial charge in [-0.3, -0.25) is 0 Å². The fourth-order valence-electron chi connectivity index (χ4n) is 3.85. The molecule has 2 atom stereocenters. The van der Waals surface area contributed by atoms with Crippen molar-refractivity contribution in [2.75, 3.05) is 24.5 Å². The quantitative estimate of drug-likeness (QED) is 0.803. The highest BCUT2D eigenvalue weighted by Gasteiger charge is 2.35. The maximum atomic E-state index is 6.23. The summed E-state index contributed by atoms with van der Waals surface area (Å²) in [6, 6.07) is 10.9. The van der Waals surface area contributed by atoms with Crippen molar-refractivity contribution < 1.29 is 0 Å². The van der Waals surface area contributed by atoms with Crippen molar-refractivity contribution in [2.45, 2.75) is 52.4 Å². The molecule has 2 heteroatoms. The molecule has 2 nitrogen and oxygen atoms in total. The SMILES string of the molecule is CCCCN(CC1(CN)CCCC(C)C1)c1ccccc1. The Morgan fingerprint density at radius 1 is 1.29 bits per heavy atom. The number of anilines is 1. The van der Waals surface area contributed by atoms with Gasteiger partial charge in [0, 0.05) is 24.2 Å². The molecule has 118 valence electrons. The minimum Gasteiger partial charge on any atom is -0.371 e. The second-order valence-corrected chi connectivity index (χ2v) is 7.02. The van der Waals surface area contributed by atoms with Gasteiger partial charge in [0.15, 0.2) is 0 Å². The number of unbranched alkanes of at least 4 members (excludes halogenated alkanes) is 1. The topological polar surface area (TPSA) is 29.3 Å². The van der Waals surface area contributed by atoms with Crippen molar-refractivity contribution in [3.8, 4) is 0 Å². The van der Waals surface area contributed by atoms with Crippen LogP contribution in [0, 0.1) is 11.3 Å². The summed E-state index contributed by atoms with van der Waals surface area (Å²) in [4.78, 5) is 2.58. The molecule has 1 fully saturated rings. The van der Waals surface area contributed by atoms with Gasteiger partial charge in [0.05, 0.1) is 0 Å². The van der Waals surface area contributed by atoms with E-state index in [0.717, 1.165) is 25.6 Å². The van der Waals surface area contributed by atoms with Gasteiger partial charge in [-0.25, -0.2) is 0 Å². The smallest absolute Gasteiger partial charge is 0.0366 e. The van der Waals surface area contributed by atoms with Gasteiger partial charge in [-0.15, -0.1) is 0 Å². The Hall–Kier alpha value is -1.02. The Labute approximate surface area is 130 Å². The van der Waals surface area contributed by atoms with Gasteiger partial charge in [0.1, 0.15) is 0 Å².